The standard InChI is InChI=1S/C14H13NO5S/c1-9-5-6-10(14(16)17)8-11(9)20-13-12(21(2,18)19)4-3-7-15-13/h3-8H,1-2H3,(H,16,17). The van der Waals surface area contributed by atoms with Crippen LogP contribution in [0, 0.1) is 6.92 Å². The average Bonchev–Trinajstić information content (AvgIpc) is 2.40. The van der Waals surface area contributed by atoms with Gasteiger partial charge in [-0.3, -0.25) is 0 Å². The normalized spacial score (nSPS) is 11.1. The van der Waals surface area contributed by atoms with Crippen LogP contribution in [0.3, 0.4) is 0 Å². The van der Waals surface area contributed by atoms with E-state index in [1.165, 1.54) is 30.5 Å². The van der Waals surface area contributed by atoms with Crippen LogP contribution in [0.15, 0.2) is 41.4 Å². The molecule has 2 rings (SSSR count). The molecule has 21 heavy (non-hydrogen) atoms. The number of nitrogens with zero attached hydrogens (tertiary/aromatic N) is 1. The minimum absolute atomic E-state index is 0.0486. The molecule has 0 spiro atoms. The van der Waals surface area contributed by atoms with Crippen LogP contribution in [0.4, 0.5) is 0 Å². The molecule has 110 valence electrons. The number of sulfone groups is 1. The molecule has 1 N–H and O–H groups in total. The second-order valence-corrected chi connectivity index (χ2v) is 6.45. The molecule has 1 aromatic heterocycles. The van der Waals surface area contributed by atoms with E-state index in [4.69, 9.17) is 9.84 Å². The Balaban J connectivity index is 2.49. The Kier molecular flexibility index (Phi) is 3.95. The van der Waals surface area contributed by atoms with Crippen molar-refractivity contribution in [1.29, 1.82) is 0 Å². The van der Waals surface area contributed by atoms with Gasteiger partial charge in [0.25, 0.3) is 0 Å². The zero-order valence-corrected chi connectivity index (χ0v) is 12.2. The van der Waals surface area contributed by atoms with Crippen LogP contribution in [-0.4, -0.2) is 30.7 Å². The predicted octanol–water partition coefficient (Wildman–Crippen LogP) is 2.28. The summed E-state index contributed by atoms with van der Waals surface area (Å²) in [6, 6.07) is 7.23. The zero-order valence-electron chi connectivity index (χ0n) is 11.4. The molecule has 0 saturated heterocycles. The second kappa shape index (κ2) is 5.53. The lowest BCUT2D eigenvalue weighted by Crippen LogP contribution is -2.03. The summed E-state index contributed by atoms with van der Waals surface area (Å²) in [5, 5.41) is 8.98. The van der Waals surface area contributed by atoms with Crippen LogP contribution in [0.2, 0.25) is 0 Å². The highest BCUT2D eigenvalue weighted by molar-refractivity contribution is 7.90. The van der Waals surface area contributed by atoms with Gasteiger partial charge in [-0.05, 0) is 36.8 Å². The Morgan fingerprint density at radius 2 is 2.00 bits per heavy atom. The molecule has 1 aromatic carbocycles. The van der Waals surface area contributed by atoms with E-state index in [-0.39, 0.29) is 22.1 Å². The maximum Gasteiger partial charge on any atom is 0.335 e. The number of aryl methyl sites for hydroxylation is 1. The molecule has 0 saturated carbocycles. The summed E-state index contributed by atoms with van der Waals surface area (Å²) >= 11 is 0. The van der Waals surface area contributed by atoms with Crippen molar-refractivity contribution >= 4 is 15.8 Å². The molecule has 0 radical (unpaired) electrons. The number of carbonyl (C=O) groups is 1. The number of aromatic nitrogens is 1. The van der Waals surface area contributed by atoms with Crippen LogP contribution in [0.1, 0.15) is 15.9 Å². The summed E-state index contributed by atoms with van der Waals surface area (Å²) in [4.78, 5) is 14.8. The summed E-state index contributed by atoms with van der Waals surface area (Å²) < 4.78 is 28.9. The lowest BCUT2D eigenvalue weighted by molar-refractivity contribution is 0.0696. The molecule has 0 aliphatic carbocycles. The molecule has 0 bridgehead atoms. The number of hydrogen-bond acceptors (Lipinski definition) is 5. The van der Waals surface area contributed by atoms with Gasteiger partial charge in [-0.25, -0.2) is 18.2 Å². The molecule has 0 aliphatic heterocycles. The van der Waals surface area contributed by atoms with Crippen molar-refractivity contribution in [2.45, 2.75) is 11.8 Å². The van der Waals surface area contributed by atoms with Crippen molar-refractivity contribution in [2.75, 3.05) is 6.26 Å². The smallest absolute Gasteiger partial charge is 0.335 e. The molecule has 6 nitrogen and oxygen atoms in total. The highest BCUT2D eigenvalue weighted by Gasteiger charge is 2.17. The number of rotatable bonds is 4. The van der Waals surface area contributed by atoms with Crippen LogP contribution in [0.25, 0.3) is 0 Å². The molecule has 0 fully saturated rings. The first-order chi connectivity index (χ1) is 9.79. The van der Waals surface area contributed by atoms with E-state index in [0.717, 1.165) is 6.26 Å². The fraction of sp³-hybridized carbons (Fsp3) is 0.143. The quantitative estimate of drug-likeness (QED) is 0.931. The maximum atomic E-state index is 11.7. The number of carboxylic acids is 1. The van der Waals surface area contributed by atoms with Crippen LogP contribution >= 0.6 is 0 Å². The molecule has 7 heteroatoms. The number of benzene rings is 1. The number of aromatic carboxylic acids is 1. The van der Waals surface area contributed by atoms with E-state index >= 15 is 0 Å². The third-order valence-electron chi connectivity index (χ3n) is 2.78. The summed E-state index contributed by atoms with van der Waals surface area (Å²) in [6.45, 7) is 1.73. The minimum atomic E-state index is -3.50. The molecule has 0 unspecified atom stereocenters. The Hall–Kier alpha value is -2.41. The largest absolute Gasteiger partial charge is 0.478 e. The lowest BCUT2D eigenvalue weighted by Gasteiger charge is -2.11. The van der Waals surface area contributed by atoms with E-state index in [9.17, 15) is 13.2 Å². The van der Waals surface area contributed by atoms with E-state index < -0.39 is 15.8 Å². The first-order valence-electron chi connectivity index (χ1n) is 5.96. The van der Waals surface area contributed by atoms with Gasteiger partial charge in [-0.1, -0.05) is 6.07 Å². The first kappa shape index (κ1) is 15.0. The van der Waals surface area contributed by atoms with E-state index in [0.29, 0.717) is 5.56 Å². The topological polar surface area (TPSA) is 93.6 Å². The summed E-state index contributed by atoms with van der Waals surface area (Å²) in [5.74, 6) is -0.923. The minimum Gasteiger partial charge on any atom is -0.478 e. The molecular formula is C14H13NO5S. The fourth-order valence-corrected chi connectivity index (χ4v) is 2.42. The van der Waals surface area contributed by atoms with E-state index in [1.54, 1.807) is 13.0 Å². The summed E-state index contributed by atoms with van der Waals surface area (Å²) in [6.07, 6.45) is 2.46. The van der Waals surface area contributed by atoms with Gasteiger partial charge in [0.05, 0.1) is 5.56 Å². The van der Waals surface area contributed by atoms with Gasteiger partial charge in [0, 0.05) is 12.5 Å². The van der Waals surface area contributed by atoms with Crippen LogP contribution in [0.5, 0.6) is 11.6 Å². The Labute approximate surface area is 121 Å². The highest BCUT2D eigenvalue weighted by Crippen LogP contribution is 2.29. The first-order valence-corrected chi connectivity index (χ1v) is 7.85. The van der Waals surface area contributed by atoms with Crippen molar-refractivity contribution < 1.29 is 23.1 Å². The van der Waals surface area contributed by atoms with Gasteiger partial charge in [-0.2, -0.15) is 0 Å². The van der Waals surface area contributed by atoms with Gasteiger partial charge in [0.2, 0.25) is 5.88 Å². The fourth-order valence-electron chi connectivity index (χ4n) is 1.68. The Morgan fingerprint density at radius 1 is 1.29 bits per heavy atom. The molecule has 0 aliphatic rings. The number of hydrogen-bond donors (Lipinski definition) is 1. The van der Waals surface area contributed by atoms with Crippen molar-refractivity contribution in [3.8, 4) is 11.6 Å². The monoisotopic (exact) mass is 307 g/mol. The van der Waals surface area contributed by atoms with Crippen molar-refractivity contribution in [1.82, 2.24) is 4.98 Å². The molecule has 0 amide bonds. The van der Waals surface area contributed by atoms with Crippen molar-refractivity contribution in [3.63, 3.8) is 0 Å². The maximum absolute atomic E-state index is 11.7. The zero-order chi connectivity index (χ0) is 15.6. The van der Waals surface area contributed by atoms with Crippen molar-refractivity contribution in [3.05, 3.63) is 47.7 Å². The Morgan fingerprint density at radius 3 is 2.62 bits per heavy atom. The molecule has 1 heterocycles. The van der Waals surface area contributed by atoms with Gasteiger partial charge in [0.15, 0.2) is 9.84 Å². The average molecular weight is 307 g/mol. The van der Waals surface area contributed by atoms with Crippen LogP contribution in [-0.2, 0) is 9.84 Å². The molecular weight excluding hydrogens is 294 g/mol. The highest BCUT2D eigenvalue weighted by atomic mass is 32.2. The third kappa shape index (κ3) is 3.38. The SMILES string of the molecule is Cc1ccc(C(=O)O)cc1Oc1ncccc1S(C)(=O)=O. The number of pyridine rings is 1. The molecule has 0 atom stereocenters. The van der Waals surface area contributed by atoms with Gasteiger partial charge < -0.3 is 9.84 Å². The summed E-state index contributed by atoms with van der Waals surface area (Å²) in [7, 11) is -3.50. The predicted molar refractivity (Wildman–Crippen MR) is 75.6 cm³/mol. The van der Waals surface area contributed by atoms with Gasteiger partial charge in [0.1, 0.15) is 10.6 Å². The molecule has 2 aromatic rings. The number of ether oxygens (including phenoxy) is 1. The van der Waals surface area contributed by atoms with E-state index in [2.05, 4.69) is 4.98 Å². The van der Waals surface area contributed by atoms with Gasteiger partial charge in [-0.15, -0.1) is 0 Å². The second-order valence-electron chi connectivity index (χ2n) is 4.47. The summed E-state index contributed by atoms with van der Waals surface area (Å²) in [5.41, 5.74) is 0.720. The van der Waals surface area contributed by atoms with Crippen LogP contribution < -0.4 is 4.74 Å². The Bertz CT molecular complexity index is 799. The number of carboxylic acid groups (broad SMARTS) is 1. The van der Waals surface area contributed by atoms with Gasteiger partial charge >= 0.3 is 5.97 Å². The van der Waals surface area contributed by atoms with Crippen molar-refractivity contribution in [2.24, 2.45) is 0 Å². The lowest BCUT2D eigenvalue weighted by atomic mass is 10.1. The third-order valence-corrected chi connectivity index (χ3v) is 3.89. The van der Waals surface area contributed by atoms with E-state index in [1.807, 2.05) is 0 Å².